The number of aryl methyl sites for hydroxylation is 1. The first-order valence-corrected chi connectivity index (χ1v) is 4.81. The maximum atomic E-state index is 8.49. The van der Waals surface area contributed by atoms with Crippen LogP contribution in [0.3, 0.4) is 0 Å². The average molecular weight is 175 g/mol. The molecule has 13 heavy (non-hydrogen) atoms. The molecule has 68 valence electrons. The number of aromatic amines is 1. The Hall–Kier alpha value is -1.30. The summed E-state index contributed by atoms with van der Waals surface area (Å²) >= 11 is 0. The molecule has 3 heteroatoms. The average Bonchev–Trinajstić information content (AvgIpc) is 2.46. The molecule has 2 rings (SSSR count). The first-order valence-electron chi connectivity index (χ1n) is 4.81. The molecule has 1 aliphatic rings. The summed E-state index contributed by atoms with van der Waals surface area (Å²) in [7, 11) is 0. The van der Waals surface area contributed by atoms with Gasteiger partial charge in [0.05, 0.1) is 12.3 Å². The second-order valence-corrected chi connectivity index (χ2v) is 3.59. The number of aromatic nitrogens is 2. The zero-order chi connectivity index (χ0) is 9.10. The van der Waals surface area contributed by atoms with Crippen molar-refractivity contribution in [3.63, 3.8) is 0 Å². The van der Waals surface area contributed by atoms with E-state index in [0.29, 0.717) is 12.3 Å². The van der Waals surface area contributed by atoms with Crippen molar-refractivity contribution in [1.82, 2.24) is 10.2 Å². The van der Waals surface area contributed by atoms with E-state index in [1.54, 1.807) is 0 Å². The molecule has 1 aromatic rings. The topological polar surface area (TPSA) is 52.5 Å². The predicted molar refractivity (Wildman–Crippen MR) is 49.1 cm³/mol. The summed E-state index contributed by atoms with van der Waals surface area (Å²) in [6.45, 7) is 0. The Morgan fingerprint density at radius 1 is 1.62 bits per heavy atom. The monoisotopic (exact) mass is 175 g/mol. The molecular formula is C10H13N3. The molecule has 0 atom stereocenters. The lowest BCUT2D eigenvalue weighted by molar-refractivity contribution is 0.408. The minimum Gasteiger partial charge on any atom is -0.282 e. The van der Waals surface area contributed by atoms with Crippen LogP contribution in [0.4, 0.5) is 0 Å². The molecule has 0 bridgehead atoms. The first kappa shape index (κ1) is 8.31. The maximum absolute atomic E-state index is 8.49. The van der Waals surface area contributed by atoms with Gasteiger partial charge in [-0.3, -0.25) is 5.10 Å². The molecule has 1 aliphatic carbocycles. The van der Waals surface area contributed by atoms with E-state index in [2.05, 4.69) is 16.3 Å². The van der Waals surface area contributed by atoms with Crippen LogP contribution in [0, 0.1) is 11.3 Å². The van der Waals surface area contributed by atoms with Crippen LogP contribution in [0.15, 0.2) is 6.20 Å². The second kappa shape index (κ2) is 3.61. The fraction of sp³-hybridized carbons (Fsp3) is 0.600. The van der Waals surface area contributed by atoms with E-state index >= 15 is 0 Å². The highest BCUT2D eigenvalue weighted by Gasteiger charge is 2.23. The van der Waals surface area contributed by atoms with Crippen LogP contribution < -0.4 is 0 Å². The molecule has 0 unspecified atom stereocenters. The SMILES string of the molecule is N#CCCc1cn[nH]c1C1CCC1. The van der Waals surface area contributed by atoms with Crippen molar-refractivity contribution in [2.75, 3.05) is 0 Å². The highest BCUT2D eigenvalue weighted by molar-refractivity contribution is 5.22. The molecule has 0 radical (unpaired) electrons. The van der Waals surface area contributed by atoms with Gasteiger partial charge in [-0.05, 0) is 24.8 Å². The Bertz CT molecular complexity index is 317. The van der Waals surface area contributed by atoms with Crippen LogP contribution in [0.5, 0.6) is 0 Å². The van der Waals surface area contributed by atoms with Gasteiger partial charge in [0.2, 0.25) is 0 Å². The Labute approximate surface area is 77.8 Å². The number of rotatable bonds is 3. The van der Waals surface area contributed by atoms with Crippen molar-refractivity contribution >= 4 is 0 Å². The molecule has 1 fully saturated rings. The number of nitrogens with zero attached hydrogens (tertiary/aromatic N) is 2. The van der Waals surface area contributed by atoms with E-state index in [1.165, 1.54) is 30.5 Å². The number of hydrogen-bond acceptors (Lipinski definition) is 2. The van der Waals surface area contributed by atoms with Crippen molar-refractivity contribution < 1.29 is 0 Å². The van der Waals surface area contributed by atoms with Gasteiger partial charge in [-0.25, -0.2) is 0 Å². The van der Waals surface area contributed by atoms with Gasteiger partial charge in [0.25, 0.3) is 0 Å². The van der Waals surface area contributed by atoms with Crippen LogP contribution in [0.2, 0.25) is 0 Å². The lowest BCUT2D eigenvalue weighted by Gasteiger charge is -2.24. The molecule has 0 amide bonds. The number of nitriles is 1. The van der Waals surface area contributed by atoms with Gasteiger partial charge in [-0.2, -0.15) is 10.4 Å². The Morgan fingerprint density at radius 2 is 2.46 bits per heavy atom. The van der Waals surface area contributed by atoms with E-state index in [-0.39, 0.29) is 0 Å². The summed E-state index contributed by atoms with van der Waals surface area (Å²) in [6.07, 6.45) is 7.20. The van der Waals surface area contributed by atoms with Crippen LogP contribution in [-0.4, -0.2) is 10.2 Å². The first-order chi connectivity index (χ1) is 6.42. The minimum absolute atomic E-state index is 0.596. The summed E-state index contributed by atoms with van der Waals surface area (Å²) in [5.74, 6) is 0.691. The fourth-order valence-electron chi connectivity index (χ4n) is 1.76. The zero-order valence-corrected chi connectivity index (χ0v) is 7.58. The Morgan fingerprint density at radius 3 is 3.08 bits per heavy atom. The van der Waals surface area contributed by atoms with Gasteiger partial charge in [0.15, 0.2) is 0 Å². The standard InChI is InChI=1S/C10H13N3/c11-6-2-5-9-7-12-13-10(9)8-3-1-4-8/h7-8H,1-5H2,(H,12,13). The zero-order valence-electron chi connectivity index (χ0n) is 7.58. The van der Waals surface area contributed by atoms with Gasteiger partial charge >= 0.3 is 0 Å². The van der Waals surface area contributed by atoms with Crippen molar-refractivity contribution in [2.45, 2.75) is 38.0 Å². The smallest absolute Gasteiger partial charge is 0.0625 e. The van der Waals surface area contributed by atoms with Crippen LogP contribution in [-0.2, 0) is 6.42 Å². The van der Waals surface area contributed by atoms with Crippen LogP contribution in [0.1, 0.15) is 42.9 Å². The molecule has 0 spiro atoms. The predicted octanol–water partition coefficient (Wildman–Crippen LogP) is 2.13. The highest BCUT2D eigenvalue weighted by Crippen LogP contribution is 2.36. The molecule has 0 saturated heterocycles. The van der Waals surface area contributed by atoms with Crippen LogP contribution in [0.25, 0.3) is 0 Å². The van der Waals surface area contributed by atoms with E-state index < -0.39 is 0 Å². The fourth-order valence-corrected chi connectivity index (χ4v) is 1.76. The normalized spacial score (nSPS) is 16.5. The lowest BCUT2D eigenvalue weighted by Crippen LogP contribution is -2.11. The van der Waals surface area contributed by atoms with Crippen molar-refractivity contribution in [1.29, 1.82) is 5.26 Å². The molecule has 3 nitrogen and oxygen atoms in total. The van der Waals surface area contributed by atoms with Gasteiger partial charge in [-0.15, -0.1) is 0 Å². The van der Waals surface area contributed by atoms with Gasteiger partial charge < -0.3 is 0 Å². The quantitative estimate of drug-likeness (QED) is 0.765. The van der Waals surface area contributed by atoms with E-state index in [9.17, 15) is 0 Å². The maximum Gasteiger partial charge on any atom is 0.0625 e. The summed E-state index contributed by atoms with van der Waals surface area (Å²) in [5.41, 5.74) is 2.52. The third-order valence-corrected chi connectivity index (χ3v) is 2.77. The van der Waals surface area contributed by atoms with E-state index in [0.717, 1.165) is 6.42 Å². The summed E-state index contributed by atoms with van der Waals surface area (Å²) in [5, 5.41) is 15.6. The van der Waals surface area contributed by atoms with E-state index in [1.807, 2.05) is 6.20 Å². The largest absolute Gasteiger partial charge is 0.282 e. The van der Waals surface area contributed by atoms with E-state index in [4.69, 9.17) is 5.26 Å². The van der Waals surface area contributed by atoms with Gasteiger partial charge in [0, 0.05) is 18.0 Å². The van der Waals surface area contributed by atoms with Crippen molar-refractivity contribution in [3.8, 4) is 6.07 Å². The summed E-state index contributed by atoms with van der Waals surface area (Å²) < 4.78 is 0. The summed E-state index contributed by atoms with van der Waals surface area (Å²) in [4.78, 5) is 0. The molecular weight excluding hydrogens is 162 g/mol. The molecule has 1 aromatic heterocycles. The number of H-pyrrole nitrogens is 1. The highest BCUT2D eigenvalue weighted by atomic mass is 15.1. The minimum atomic E-state index is 0.596. The Kier molecular flexibility index (Phi) is 2.31. The summed E-state index contributed by atoms with van der Waals surface area (Å²) in [6, 6.07) is 2.17. The Balaban J connectivity index is 2.07. The molecule has 1 N–H and O–H groups in total. The molecule has 1 saturated carbocycles. The van der Waals surface area contributed by atoms with Gasteiger partial charge in [-0.1, -0.05) is 6.42 Å². The number of nitrogens with one attached hydrogen (secondary N) is 1. The third-order valence-electron chi connectivity index (χ3n) is 2.77. The number of hydrogen-bond donors (Lipinski definition) is 1. The third kappa shape index (κ3) is 1.57. The molecule has 0 aromatic carbocycles. The molecule has 1 heterocycles. The molecule has 0 aliphatic heterocycles. The van der Waals surface area contributed by atoms with Gasteiger partial charge in [0.1, 0.15) is 0 Å². The van der Waals surface area contributed by atoms with Crippen molar-refractivity contribution in [2.24, 2.45) is 0 Å². The van der Waals surface area contributed by atoms with Crippen molar-refractivity contribution in [3.05, 3.63) is 17.5 Å². The lowest BCUT2D eigenvalue weighted by atomic mass is 9.81. The van der Waals surface area contributed by atoms with Crippen LogP contribution >= 0.6 is 0 Å². The second-order valence-electron chi connectivity index (χ2n) is 3.59.